The lowest BCUT2D eigenvalue weighted by Gasteiger charge is -2.09. The quantitative estimate of drug-likeness (QED) is 0.491. The van der Waals surface area contributed by atoms with Gasteiger partial charge in [-0.2, -0.15) is 13.2 Å². The van der Waals surface area contributed by atoms with Gasteiger partial charge in [-0.05, 0) is 28.1 Å². The Kier molecular flexibility index (Phi) is 2.87. The lowest BCUT2D eigenvalue weighted by atomic mass is 10.2. The van der Waals surface area contributed by atoms with Crippen molar-refractivity contribution in [2.45, 2.75) is 6.18 Å². The Balaban J connectivity index is 3.35. The lowest BCUT2D eigenvalue weighted by molar-refractivity contribution is -0.137. The first-order valence-corrected chi connectivity index (χ1v) is 4.22. The molecule has 0 radical (unpaired) electrons. The second-order valence-corrected chi connectivity index (χ2v) is 3.45. The average molecular weight is 277 g/mol. The smallest absolute Gasteiger partial charge is 0.204 e. The van der Waals surface area contributed by atoms with Crippen molar-refractivity contribution >= 4 is 27.5 Å². The molecular formula is C7H2BrClF4. The number of halogens is 6. The predicted octanol–water partition coefficient (Wildman–Crippen LogP) is 4.26. The number of alkyl halides is 3. The van der Waals surface area contributed by atoms with Crippen LogP contribution in [-0.4, -0.2) is 0 Å². The largest absolute Gasteiger partial charge is 0.417 e. The van der Waals surface area contributed by atoms with Gasteiger partial charge in [0.1, 0.15) is 0 Å². The molecular weight excluding hydrogens is 275 g/mol. The first kappa shape index (κ1) is 10.8. The molecule has 0 atom stereocenters. The second-order valence-electron chi connectivity index (χ2n) is 2.22. The van der Waals surface area contributed by atoms with E-state index in [1.165, 1.54) is 0 Å². The molecule has 72 valence electrons. The van der Waals surface area contributed by atoms with Crippen molar-refractivity contribution in [2.75, 3.05) is 0 Å². The number of hydrogen-bond acceptors (Lipinski definition) is 0. The van der Waals surface area contributed by atoms with E-state index in [0.29, 0.717) is 0 Å². The molecule has 0 unspecified atom stereocenters. The van der Waals surface area contributed by atoms with Crippen LogP contribution >= 0.6 is 27.5 Å². The molecule has 0 aliphatic heterocycles. The van der Waals surface area contributed by atoms with Crippen LogP contribution in [0.3, 0.4) is 0 Å². The van der Waals surface area contributed by atoms with Crippen LogP contribution in [0.1, 0.15) is 5.56 Å². The molecule has 0 heterocycles. The van der Waals surface area contributed by atoms with Crippen molar-refractivity contribution in [1.82, 2.24) is 0 Å². The minimum Gasteiger partial charge on any atom is -0.204 e. The van der Waals surface area contributed by atoms with E-state index in [1.807, 2.05) is 0 Å². The number of rotatable bonds is 0. The van der Waals surface area contributed by atoms with Gasteiger partial charge >= 0.3 is 6.18 Å². The lowest BCUT2D eigenvalue weighted by Crippen LogP contribution is -2.06. The molecule has 1 aromatic rings. The van der Waals surface area contributed by atoms with Gasteiger partial charge in [0, 0.05) is 0 Å². The molecule has 13 heavy (non-hydrogen) atoms. The van der Waals surface area contributed by atoms with Crippen LogP contribution in [0.15, 0.2) is 16.6 Å². The van der Waals surface area contributed by atoms with Gasteiger partial charge in [-0.1, -0.05) is 11.6 Å². The summed E-state index contributed by atoms with van der Waals surface area (Å²) in [6.45, 7) is 0. The average Bonchev–Trinajstić information content (AvgIpc) is 1.98. The van der Waals surface area contributed by atoms with Crippen molar-refractivity contribution in [3.63, 3.8) is 0 Å². The molecule has 0 aliphatic rings. The highest BCUT2D eigenvalue weighted by Gasteiger charge is 2.34. The predicted molar refractivity (Wildman–Crippen MR) is 44.1 cm³/mol. The molecule has 0 aromatic heterocycles. The summed E-state index contributed by atoms with van der Waals surface area (Å²) in [7, 11) is 0. The van der Waals surface area contributed by atoms with Crippen molar-refractivity contribution in [1.29, 1.82) is 0 Å². The summed E-state index contributed by atoms with van der Waals surface area (Å²) in [5.41, 5.74) is -1.17. The normalized spacial score (nSPS) is 11.8. The summed E-state index contributed by atoms with van der Waals surface area (Å²) in [5, 5.41) is -0.915. The van der Waals surface area contributed by atoms with Gasteiger partial charge in [-0.25, -0.2) is 4.39 Å². The van der Waals surface area contributed by atoms with Crippen molar-refractivity contribution < 1.29 is 17.6 Å². The van der Waals surface area contributed by atoms with Crippen LogP contribution in [0, 0.1) is 5.82 Å². The third-order valence-electron chi connectivity index (χ3n) is 1.34. The zero-order valence-electron chi connectivity index (χ0n) is 5.92. The minimum absolute atomic E-state index is 0.0921. The molecule has 0 fully saturated rings. The van der Waals surface area contributed by atoms with E-state index in [2.05, 4.69) is 15.9 Å². The van der Waals surface area contributed by atoms with Gasteiger partial charge in [-0.3, -0.25) is 0 Å². The van der Waals surface area contributed by atoms with Crippen molar-refractivity contribution in [3.8, 4) is 0 Å². The minimum atomic E-state index is -4.63. The first-order valence-electron chi connectivity index (χ1n) is 3.04. The van der Waals surface area contributed by atoms with Crippen LogP contribution in [0.2, 0.25) is 5.02 Å². The van der Waals surface area contributed by atoms with E-state index >= 15 is 0 Å². The van der Waals surface area contributed by atoms with Crippen LogP contribution in [0.4, 0.5) is 17.6 Å². The van der Waals surface area contributed by atoms with Gasteiger partial charge in [0.2, 0.25) is 0 Å². The van der Waals surface area contributed by atoms with Gasteiger partial charge in [-0.15, -0.1) is 0 Å². The molecule has 0 aliphatic carbocycles. The van der Waals surface area contributed by atoms with E-state index in [4.69, 9.17) is 11.6 Å². The van der Waals surface area contributed by atoms with E-state index in [9.17, 15) is 17.6 Å². The highest BCUT2D eigenvalue weighted by Crippen LogP contribution is 2.37. The summed E-state index contributed by atoms with van der Waals surface area (Å²) >= 11 is 7.88. The fraction of sp³-hybridized carbons (Fsp3) is 0.143. The molecule has 0 bridgehead atoms. The molecule has 0 saturated heterocycles. The van der Waals surface area contributed by atoms with E-state index < -0.39 is 22.6 Å². The molecule has 0 nitrogen and oxygen atoms in total. The highest BCUT2D eigenvalue weighted by atomic mass is 79.9. The maximum Gasteiger partial charge on any atom is 0.417 e. The second kappa shape index (κ2) is 3.46. The van der Waals surface area contributed by atoms with Crippen LogP contribution in [0.5, 0.6) is 0 Å². The SMILES string of the molecule is Fc1c(Br)ccc(C(F)(F)F)c1Cl. The third-order valence-corrected chi connectivity index (χ3v) is 2.32. The highest BCUT2D eigenvalue weighted by molar-refractivity contribution is 9.10. The summed E-state index contributed by atoms with van der Waals surface area (Å²) < 4.78 is 49.0. The van der Waals surface area contributed by atoms with Crippen LogP contribution < -0.4 is 0 Å². The molecule has 1 rings (SSSR count). The van der Waals surface area contributed by atoms with E-state index in [1.54, 1.807) is 0 Å². The van der Waals surface area contributed by atoms with Crippen molar-refractivity contribution in [3.05, 3.63) is 33.0 Å². The van der Waals surface area contributed by atoms with Gasteiger partial charge in [0.15, 0.2) is 5.82 Å². The van der Waals surface area contributed by atoms with Crippen LogP contribution in [-0.2, 0) is 6.18 Å². The fourth-order valence-electron chi connectivity index (χ4n) is 0.745. The Hall–Kier alpha value is -0.290. The van der Waals surface area contributed by atoms with Gasteiger partial charge in [0.05, 0.1) is 15.1 Å². The molecule has 6 heteroatoms. The maximum absolute atomic E-state index is 12.8. The first-order chi connectivity index (χ1) is 5.84. The summed E-state index contributed by atoms with van der Waals surface area (Å²) in [6.07, 6.45) is -4.63. The summed E-state index contributed by atoms with van der Waals surface area (Å²) in [5.74, 6) is -1.10. The summed E-state index contributed by atoms with van der Waals surface area (Å²) in [4.78, 5) is 0. The van der Waals surface area contributed by atoms with Gasteiger partial charge < -0.3 is 0 Å². The molecule has 0 amide bonds. The fourth-order valence-corrected chi connectivity index (χ4v) is 1.46. The number of hydrogen-bond donors (Lipinski definition) is 0. The Labute approximate surface area is 84.6 Å². The maximum atomic E-state index is 12.8. The topological polar surface area (TPSA) is 0 Å². The Bertz CT molecular complexity index is 334. The molecule has 0 spiro atoms. The molecule has 1 aromatic carbocycles. The third kappa shape index (κ3) is 2.14. The zero-order chi connectivity index (χ0) is 10.2. The van der Waals surface area contributed by atoms with E-state index in [-0.39, 0.29) is 4.47 Å². The number of benzene rings is 1. The van der Waals surface area contributed by atoms with Gasteiger partial charge in [0.25, 0.3) is 0 Å². The van der Waals surface area contributed by atoms with E-state index in [0.717, 1.165) is 12.1 Å². The molecule has 0 saturated carbocycles. The Morgan fingerprint density at radius 3 is 2.23 bits per heavy atom. The Morgan fingerprint density at radius 2 is 1.77 bits per heavy atom. The molecule has 0 N–H and O–H groups in total. The summed E-state index contributed by atoms with van der Waals surface area (Å²) in [6, 6.07) is 1.68. The van der Waals surface area contributed by atoms with Crippen LogP contribution in [0.25, 0.3) is 0 Å². The van der Waals surface area contributed by atoms with Crippen molar-refractivity contribution in [2.24, 2.45) is 0 Å². The standard InChI is InChI=1S/C7H2BrClF4/c8-4-2-1-3(7(11,12)13)5(9)6(4)10/h1-2H. The zero-order valence-corrected chi connectivity index (χ0v) is 8.26. The Morgan fingerprint density at radius 1 is 1.23 bits per heavy atom. The monoisotopic (exact) mass is 276 g/mol.